The summed E-state index contributed by atoms with van der Waals surface area (Å²) in [6.45, 7) is 9.70. The summed E-state index contributed by atoms with van der Waals surface area (Å²) in [5, 5.41) is 3.36. The smallest absolute Gasteiger partial charge is 0.130 e. The Morgan fingerprint density at radius 1 is 1.29 bits per heavy atom. The second-order valence-electron chi connectivity index (χ2n) is 5.21. The van der Waals surface area contributed by atoms with Gasteiger partial charge in [0.2, 0.25) is 0 Å². The van der Waals surface area contributed by atoms with Crippen molar-refractivity contribution in [3.63, 3.8) is 0 Å². The predicted octanol–water partition coefficient (Wildman–Crippen LogP) is 3.29. The molecule has 2 rings (SSSR count). The Morgan fingerprint density at radius 3 is 2.90 bits per heavy atom. The van der Waals surface area contributed by atoms with Gasteiger partial charge in [-0.3, -0.25) is 0 Å². The Kier molecular flexibility index (Phi) is 5.81. The highest BCUT2D eigenvalue weighted by atomic mass is 16.5. The molecule has 1 N–H and O–H groups in total. The molecule has 4 nitrogen and oxygen atoms in total. The number of aryl methyl sites for hydroxylation is 2. The quantitative estimate of drug-likeness (QED) is 0.809. The number of aromatic nitrogens is 2. The molecule has 0 spiro atoms. The molecular weight excluding hydrogens is 262 g/mol. The lowest BCUT2D eigenvalue weighted by Crippen LogP contribution is -2.13. The Hall–Kier alpha value is -1.81. The van der Waals surface area contributed by atoms with Crippen LogP contribution in [0.25, 0.3) is 0 Å². The van der Waals surface area contributed by atoms with Crippen LogP contribution < -0.4 is 10.1 Å². The van der Waals surface area contributed by atoms with Gasteiger partial charge in [0, 0.05) is 18.7 Å². The van der Waals surface area contributed by atoms with E-state index in [2.05, 4.69) is 53.8 Å². The van der Waals surface area contributed by atoms with Crippen molar-refractivity contribution in [3.8, 4) is 5.75 Å². The van der Waals surface area contributed by atoms with E-state index < -0.39 is 0 Å². The highest BCUT2D eigenvalue weighted by Crippen LogP contribution is 2.24. The van der Waals surface area contributed by atoms with Crippen molar-refractivity contribution in [2.24, 2.45) is 0 Å². The number of nitrogens with one attached hydrogen (secondary N) is 1. The van der Waals surface area contributed by atoms with Gasteiger partial charge in [-0.2, -0.15) is 0 Å². The van der Waals surface area contributed by atoms with Crippen molar-refractivity contribution in [2.45, 2.75) is 46.9 Å². The lowest BCUT2D eigenvalue weighted by atomic mass is 10.1. The minimum Gasteiger partial charge on any atom is -0.487 e. The fourth-order valence-electron chi connectivity index (χ4n) is 2.38. The van der Waals surface area contributed by atoms with Gasteiger partial charge in [-0.25, -0.2) is 4.98 Å². The fraction of sp³-hybridized carbons (Fsp3) is 0.471. The van der Waals surface area contributed by atoms with Crippen LogP contribution in [0.2, 0.25) is 0 Å². The molecule has 0 amide bonds. The molecule has 0 saturated heterocycles. The van der Waals surface area contributed by atoms with Crippen LogP contribution in [0, 0.1) is 6.92 Å². The Labute approximate surface area is 127 Å². The molecule has 1 aromatic heterocycles. The molecule has 1 aromatic carbocycles. The topological polar surface area (TPSA) is 39.1 Å². The zero-order chi connectivity index (χ0) is 15.1. The molecule has 0 aliphatic rings. The first kappa shape index (κ1) is 15.6. The zero-order valence-corrected chi connectivity index (χ0v) is 13.2. The lowest BCUT2D eigenvalue weighted by Gasteiger charge is -2.15. The molecule has 0 atom stereocenters. The first-order valence-corrected chi connectivity index (χ1v) is 7.67. The summed E-state index contributed by atoms with van der Waals surface area (Å²) in [5.74, 6) is 0.989. The van der Waals surface area contributed by atoms with Crippen LogP contribution in [0.3, 0.4) is 0 Å². The molecule has 114 valence electrons. The SMILES string of the molecule is CCCn1cncc1COc1c(C)cccc1CNCC. The van der Waals surface area contributed by atoms with Gasteiger partial charge in [0.1, 0.15) is 12.4 Å². The third-order valence-corrected chi connectivity index (χ3v) is 3.49. The summed E-state index contributed by atoms with van der Waals surface area (Å²) in [5.41, 5.74) is 3.50. The van der Waals surface area contributed by atoms with E-state index in [9.17, 15) is 0 Å². The fourth-order valence-corrected chi connectivity index (χ4v) is 2.38. The standard InChI is InChI=1S/C17H25N3O/c1-4-9-20-13-19-11-16(20)12-21-17-14(3)7-6-8-15(17)10-18-5-2/h6-8,11,13,18H,4-5,9-10,12H2,1-3H3. The van der Waals surface area contributed by atoms with E-state index >= 15 is 0 Å². The Bertz CT molecular complexity index is 563. The molecule has 21 heavy (non-hydrogen) atoms. The number of rotatable bonds is 8. The molecule has 0 bridgehead atoms. The second-order valence-corrected chi connectivity index (χ2v) is 5.21. The van der Waals surface area contributed by atoms with Gasteiger partial charge in [0.05, 0.1) is 18.2 Å². The van der Waals surface area contributed by atoms with Gasteiger partial charge in [-0.05, 0) is 25.5 Å². The maximum Gasteiger partial charge on any atom is 0.130 e. The van der Waals surface area contributed by atoms with Crippen molar-refractivity contribution < 1.29 is 4.74 Å². The molecule has 0 aliphatic carbocycles. The van der Waals surface area contributed by atoms with E-state index in [0.717, 1.165) is 37.5 Å². The summed E-state index contributed by atoms with van der Waals surface area (Å²) in [7, 11) is 0. The zero-order valence-electron chi connectivity index (χ0n) is 13.2. The van der Waals surface area contributed by atoms with E-state index in [0.29, 0.717) is 6.61 Å². The highest BCUT2D eigenvalue weighted by molar-refractivity contribution is 5.40. The molecule has 2 aromatic rings. The lowest BCUT2D eigenvalue weighted by molar-refractivity contribution is 0.289. The van der Waals surface area contributed by atoms with Crippen LogP contribution in [0.4, 0.5) is 0 Å². The summed E-state index contributed by atoms with van der Waals surface area (Å²) in [6.07, 6.45) is 4.86. The summed E-state index contributed by atoms with van der Waals surface area (Å²) >= 11 is 0. The largest absolute Gasteiger partial charge is 0.487 e. The van der Waals surface area contributed by atoms with Gasteiger partial charge in [0.25, 0.3) is 0 Å². The third kappa shape index (κ3) is 4.08. The third-order valence-electron chi connectivity index (χ3n) is 3.49. The summed E-state index contributed by atoms with van der Waals surface area (Å²) in [6, 6.07) is 6.29. The van der Waals surface area contributed by atoms with Gasteiger partial charge in [-0.1, -0.05) is 32.0 Å². The monoisotopic (exact) mass is 287 g/mol. The summed E-state index contributed by atoms with van der Waals surface area (Å²) < 4.78 is 8.25. The normalized spacial score (nSPS) is 10.8. The van der Waals surface area contributed by atoms with Crippen molar-refractivity contribution in [1.82, 2.24) is 14.9 Å². The van der Waals surface area contributed by atoms with Crippen molar-refractivity contribution in [1.29, 1.82) is 0 Å². The van der Waals surface area contributed by atoms with E-state index in [1.54, 1.807) is 0 Å². The van der Waals surface area contributed by atoms with E-state index in [1.165, 1.54) is 11.1 Å². The predicted molar refractivity (Wildman–Crippen MR) is 85.4 cm³/mol. The van der Waals surface area contributed by atoms with Crippen LogP contribution in [0.5, 0.6) is 5.75 Å². The molecule has 0 aliphatic heterocycles. The number of imidazole rings is 1. The van der Waals surface area contributed by atoms with Gasteiger partial charge < -0.3 is 14.6 Å². The van der Waals surface area contributed by atoms with Gasteiger partial charge in [-0.15, -0.1) is 0 Å². The average Bonchev–Trinajstić information content (AvgIpc) is 2.92. The first-order chi connectivity index (χ1) is 10.3. The van der Waals surface area contributed by atoms with Gasteiger partial charge >= 0.3 is 0 Å². The first-order valence-electron chi connectivity index (χ1n) is 7.67. The molecule has 0 saturated carbocycles. The molecular formula is C17H25N3O. The van der Waals surface area contributed by atoms with Gasteiger partial charge in [0.15, 0.2) is 0 Å². The van der Waals surface area contributed by atoms with Crippen LogP contribution in [-0.4, -0.2) is 16.1 Å². The molecule has 1 heterocycles. The number of ether oxygens (including phenoxy) is 1. The number of para-hydroxylation sites is 1. The molecule has 0 unspecified atom stereocenters. The van der Waals surface area contributed by atoms with E-state index in [1.807, 2.05) is 12.5 Å². The average molecular weight is 287 g/mol. The maximum absolute atomic E-state index is 6.10. The molecule has 0 radical (unpaired) electrons. The number of benzene rings is 1. The van der Waals surface area contributed by atoms with E-state index in [-0.39, 0.29) is 0 Å². The van der Waals surface area contributed by atoms with Crippen molar-refractivity contribution in [2.75, 3.05) is 6.54 Å². The minimum absolute atomic E-state index is 0.560. The maximum atomic E-state index is 6.10. The van der Waals surface area contributed by atoms with Crippen LogP contribution in [-0.2, 0) is 19.7 Å². The van der Waals surface area contributed by atoms with Crippen LogP contribution >= 0.6 is 0 Å². The minimum atomic E-state index is 0.560. The number of hydrogen-bond acceptors (Lipinski definition) is 3. The Balaban J connectivity index is 2.10. The molecule has 0 fully saturated rings. The van der Waals surface area contributed by atoms with Crippen LogP contribution in [0.15, 0.2) is 30.7 Å². The number of hydrogen-bond donors (Lipinski definition) is 1. The van der Waals surface area contributed by atoms with E-state index in [4.69, 9.17) is 4.74 Å². The second kappa shape index (κ2) is 7.84. The highest BCUT2D eigenvalue weighted by Gasteiger charge is 2.09. The van der Waals surface area contributed by atoms with Crippen LogP contribution in [0.1, 0.15) is 37.1 Å². The summed E-state index contributed by atoms with van der Waals surface area (Å²) in [4.78, 5) is 4.22. The van der Waals surface area contributed by atoms with Crippen molar-refractivity contribution >= 4 is 0 Å². The van der Waals surface area contributed by atoms with Crippen molar-refractivity contribution in [3.05, 3.63) is 47.5 Å². The Morgan fingerprint density at radius 2 is 2.14 bits per heavy atom. The number of nitrogens with zero attached hydrogens (tertiary/aromatic N) is 2. The molecule has 4 heteroatoms.